The summed E-state index contributed by atoms with van der Waals surface area (Å²) in [6.07, 6.45) is 3.25. The average Bonchev–Trinajstić information content (AvgIpc) is 3.27. The molecular formula is C23H30N4O3S. The highest BCUT2D eigenvalue weighted by Crippen LogP contribution is 2.21. The molecule has 166 valence electrons. The van der Waals surface area contributed by atoms with E-state index in [1.165, 1.54) is 16.9 Å². The van der Waals surface area contributed by atoms with Crippen LogP contribution in [0.4, 0.5) is 0 Å². The van der Waals surface area contributed by atoms with Crippen LogP contribution in [0.15, 0.2) is 29.3 Å². The number of rotatable bonds is 8. The summed E-state index contributed by atoms with van der Waals surface area (Å²) in [4.78, 5) is 29.9. The third-order valence-electron chi connectivity index (χ3n) is 4.99. The Labute approximate surface area is 186 Å². The van der Waals surface area contributed by atoms with E-state index in [0.717, 1.165) is 35.2 Å². The Morgan fingerprint density at radius 1 is 1.23 bits per heavy atom. The van der Waals surface area contributed by atoms with Crippen LogP contribution < -0.4 is 4.80 Å². The monoisotopic (exact) mass is 442 g/mol. The molecule has 0 atom stereocenters. The fourth-order valence-corrected chi connectivity index (χ4v) is 4.58. The maximum absolute atomic E-state index is 12.9. The van der Waals surface area contributed by atoms with Crippen LogP contribution in [0, 0.1) is 6.92 Å². The molecule has 0 saturated carbocycles. The zero-order chi connectivity index (χ0) is 22.5. The first kappa shape index (κ1) is 22.9. The maximum Gasteiger partial charge on any atom is 0.326 e. The van der Waals surface area contributed by atoms with Gasteiger partial charge in [0.25, 0.3) is 5.91 Å². The van der Waals surface area contributed by atoms with Crippen molar-refractivity contribution in [1.82, 2.24) is 14.3 Å². The average molecular weight is 443 g/mol. The van der Waals surface area contributed by atoms with E-state index >= 15 is 0 Å². The fraction of sp³-hybridized carbons (Fsp3) is 0.478. The number of carbonyl (C=O) groups excluding carboxylic acids is 2. The second kappa shape index (κ2) is 10.0. The third kappa shape index (κ3) is 5.31. The summed E-state index contributed by atoms with van der Waals surface area (Å²) in [6, 6.07) is 8.10. The minimum Gasteiger partial charge on any atom is -0.465 e. The number of aromatic nitrogens is 3. The molecule has 0 bridgehead atoms. The zero-order valence-electron chi connectivity index (χ0n) is 18.8. The lowest BCUT2D eigenvalue weighted by Crippen LogP contribution is -2.23. The molecule has 3 aromatic rings. The fourth-order valence-electron chi connectivity index (χ4n) is 3.49. The largest absolute Gasteiger partial charge is 0.465 e. The number of nitrogens with zero attached hydrogens (tertiary/aromatic N) is 4. The molecule has 7 nitrogen and oxygen atoms in total. The van der Waals surface area contributed by atoms with Crippen molar-refractivity contribution < 1.29 is 14.3 Å². The second-order valence-electron chi connectivity index (χ2n) is 7.81. The van der Waals surface area contributed by atoms with E-state index in [9.17, 15) is 9.59 Å². The van der Waals surface area contributed by atoms with Gasteiger partial charge in [-0.2, -0.15) is 10.1 Å². The van der Waals surface area contributed by atoms with Gasteiger partial charge < -0.3 is 9.30 Å². The van der Waals surface area contributed by atoms with Gasteiger partial charge >= 0.3 is 5.97 Å². The number of unbranched alkanes of at least 4 members (excludes halogenated alkanes) is 1. The van der Waals surface area contributed by atoms with Crippen molar-refractivity contribution in [3.63, 3.8) is 0 Å². The molecule has 0 unspecified atom stereocenters. The van der Waals surface area contributed by atoms with Crippen LogP contribution in [0.5, 0.6) is 0 Å². The summed E-state index contributed by atoms with van der Waals surface area (Å²) in [5.74, 6) is -0.774. The smallest absolute Gasteiger partial charge is 0.326 e. The van der Waals surface area contributed by atoms with Gasteiger partial charge in [0.15, 0.2) is 10.5 Å². The van der Waals surface area contributed by atoms with Crippen molar-refractivity contribution in [1.29, 1.82) is 0 Å². The number of hydrogen-bond donors (Lipinski definition) is 0. The minimum absolute atomic E-state index is 0.00766. The van der Waals surface area contributed by atoms with Gasteiger partial charge in [0.1, 0.15) is 6.54 Å². The molecule has 0 aliphatic heterocycles. The van der Waals surface area contributed by atoms with Crippen LogP contribution in [0.1, 0.15) is 68.3 Å². The van der Waals surface area contributed by atoms with E-state index in [0.29, 0.717) is 17.1 Å². The Bertz CT molecular complexity index is 1150. The summed E-state index contributed by atoms with van der Waals surface area (Å²) < 4.78 is 9.69. The van der Waals surface area contributed by atoms with Crippen molar-refractivity contribution in [3.05, 3.63) is 46.0 Å². The summed E-state index contributed by atoms with van der Waals surface area (Å²) in [5, 5.41) is 4.40. The van der Waals surface area contributed by atoms with E-state index in [1.807, 2.05) is 26.8 Å². The number of amides is 1. The molecule has 31 heavy (non-hydrogen) atoms. The van der Waals surface area contributed by atoms with Crippen LogP contribution in [0.2, 0.25) is 0 Å². The molecule has 0 aliphatic carbocycles. The molecule has 0 aliphatic rings. The minimum atomic E-state index is -0.419. The SMILES string of the molecule is CCCCc1ccc2c(c1)sc(=NC(=O)c1cc(C)n(C(C)C)n1)n2CC(=O)OCC. The van der Waals surface area contributed by atoms with Gasteiger partial charge in [0.2, 0.25) is 0 Å². The van der Waals surface area contributed by atoms with Crippen molar-refractivity contribution in [3.8, 4) is 0 Å². The van der Waals surface area contributed by atoms with Crippen molar-refractivity contribution in [2.45, 2.75) is 66.5 Å². The molecule has 8 heteroatoms. The number of ether oxygens (including phenoxy) is 1. The summed E-state index contributed by atoms with van der Waals surface area (Å²) in [5.41, 5.74) is 3.32. The van der Waals surface area contributed by atoms with Crippen LogP contribution in [-0.2, 0) is 22.5 Å². The molecule has 3 rings (SSSR count). The molecular weight excluding hydrogens is 412 g/mol. The third-order valence-corrected chi connectivity index (χ3v) is 6.03. The number of benzene rings is 1. The highest BCUT2D eigenvalue weighted by molar-refractivity contribution is 7.16. The van der Waals surface area contributed by atoms with Gasteiger partial charge in [-0.1, -0.05) is 30.7 Å². The van der Waals surface area contributed by atoms with Gasteiger partial charge in [-0.05, 0) is 64.3 Å². The molecule has 1 amide bonds. The maximum atomic E-state index is 12.9. The molecule has 1 aromatic carbocycles. The lowest BCUT2D eigenvalue weighted by atomic mass is 10.1. The topological polar surface area (TPSA) is 78.5 Å². The summed E-state index contributed by atoms with van der Waals surface area (Å²) in [7, 11) is 0. The van der Waals surface area contributed by atoms with Gasteiger partial charge in [-0.3, -0.25) is 14.3 Å². The second-order valence-corrected chi connectivity index (χ2v) is 8.82. The van der Waals surface area contributed by atoms with E-state index in [1.54, 1.807) is 22.2 Å². The summed E-state index contributed by atoms with van der Waals surface area (Å²) >= 11 is 1.40. The Hall–Kier alpha value is -2.74. The number of esters is 1. The van der Waals surface area contributed by atoms with E-state index in [4.69, 9.17) is 4.74 Å². The predicted octanol–water partition coefficient (Wildman–Crippen LogP) is 4.44. The number of fused-ring (bicyclic) bond motifs is 1. The van der Waals surface area contributed by atoms with E-state index in [2.05, 4.69) is 29.1 Å². The van der Waals surface area contributed by atoms with Crippen LogP contribution in [0.3, 0.4) is 0 Å². The Kier molecular flexibility index (Phi) is 7.43. The Balaban J connectivity index is 2.06. The van der Waals surface area contributed by atoms with Crippen molar-refractivity contribution in [2.24, 2.45) is 4.99 Å². The first-order valence-electron chi connectivity index (χ1n) is 10.8. The Morgan fingerprint density at radius 3 is 2.65 bits per heavy atom. The lowest BCUT2D eigenvalue weighted by Gasteiger charge is -2.06. The lowest BCUT2D eigenvalue weighted by molar-refractivity contribution is -0.143. The number of aryl methyl sites for hydroxylation is 2. The quantitative estimate of drug-likeness (QED) is 0.483. The molecule has 2 aromatic heterocycles. The van der Waals surface area contributed by atoms with E-state index < -0.39 is 5.91 Å². The van der Waals surface area contributed by atoms with Crippen LogP contribution >= 0.6 is 11.3 Å². The number of carbonyl (C=O) groups is 2. The summed E-state index contributed by atoms with van der Waals surface area (Å²) in [6.45, 7) is 10.2. The molecule has 0 spiro atoms. The Morgan fingerprint density at radius 2 is 2.00 bits per heavy atom. The molecule has 0 radical (unpaired) electrons. The standard InChI is InChI=1S/C23H30N4O3S/c1-6-8-9-17-10-11-19-20(13-17)31-23(26(19)14-21(28)30-7-2)24-22(29)18-12-16(5)27(25-18)15(3)4/h10-13,15H,6-9,14H2,1-5H3. The van der Waals surface area contributed by atoms with Crippen molar-refractivity contribution >= 4 is 33.4 Å². The van der Waals surface area contributed by atoms with Gasteiger partial charge in [0, 0.05) is 11.7 Å². The van der Waals surface area contributed by atoms with Gasteiger partial charge in [-0.15, -0.1) is 0 Å². The van der Waals surface area contributed by atoms with Gasteiger partial charge in [-0.25, -0.2) is 0 Å². The molecule has 0 N–H and O–H groups in total. The molecule has 0 fully saturated rings. The van der Waals surface area contributed by atoms with Gasteiger partial charge in [0.05, 0.1) is 16.8 Å². The van der Waals surface area contributed by atoms with E-state index in [-0.39, 0.29) is 18.6 Å². The first-order valence-corrected chi connectivity index (χ1v) is 11.6. The number of hydrogen-bond acceptors (Lipinski definition) is 5. The highest BCUT2D eigenvalue weighted by Gasteiger charge is 2.16. The normalized spacial score (nSPS) is 12.1. The van der Waals surface area contributed by atoms with Crippen molar-refractivity contribution in [2.75, 3.05) is 6.61 Å². The van der Waals surface area contributed by atoms with Crippen LogP contribution in [-0.4, -0.2) is 32.8 Å². The first-order chi connectivity index (χ1) is 14.8. The zero-order valence-corrected chi connectivity index (χ0v) is 19.7. The van der Waals surface area contributed by atoms with Crippen LogP contribution in [0.25, 0.3) is 10.2 Å². The predicted molar refractivity (Wildman–Crippen MR) is 122 cm³/mol. The highest BCUT2D eigenvalue weighted by atomic mass is 32.1. The number of thiazole rings is 1. The molecule has 2 heterocycles. The molecule has 0 saturated heterocycles.